The summed E-state index contributed by atoms with van der Waals surface area (Å²) in [7, 11) is 0. The summed E-state index contributed by atoms with van der Waals surface area (Å²) in [4.78, 5) is 5.17. The van der Waals surface area contributed by atoms with Gasteiger partial charge in [-0.2, -0.15) is 13.2 Å². The second kappa shape index (κ2) is 5.35. The number of aromatic nitrogens is 1. The van der Waals surface area contributed by atoms with Crippen LogP contribution in [0.4, 0.5) is 19.0 Å². The largest absolute Gasteiger partial charge is 0.405 e. The Morgan fingerprint density at radius 2 is 2.06 bits per heavy atom. The third-order valence-electron chi connectivity index (χ3n) is 2.31. The first-order valence-electron chi connectivity index (χ1n) is 5.32. The van der Waals surface area contributed by atoms with E-state index >= 15 is 0 Å². The lowest BCUT2D eigenvalue weighted by Crippen LogP contribution is -2.39. The monoisotopic (exact) mass is 247 g/mol. The first-order chi connectivity index (χ1) is 7.83. The van der Waals surface area contributed by atoms with E-state index in [4.69, 9.17) is 5.73 Å². The van der Waals surface area contributed by atoms with E-state index in [-0.39, 0.29) is 12.6 Å². The molecule has 0 aliphatic rings. The van der Waals surface area contributed by atoms with E-state index in [2.05, 4.69) is 4.98 Å². The van der Waals surface area contributed by atoms with Crippen LogP contribution in [0.15, 0.2) is 18.3 Å². The number of hydrogen-bond donors (Lipinski definition) is 1. The van der Waals surface area contributed by atoms with Gasteiger partial charge in [-0.1, -0.05) is 0 Å². The van der Waals surface area contributed by atoms with E-state index in [1.54, 1.807) is 26.0 Å². The van der Waals surface area contributed by atoms with Crippen molar-refractivity contribution < 1.29 is 13.2 Å². The average Bonchev–Trinajstić information content (AvgIpc) is 2.24. The molecule has 0 radical (unpaired) electrons. The SMILES string of the molecule is CC(C)N(CC(F)(F)F)c1cc(CN)ccn1. The number of nitrogens with two attached hydrogens (primary N) is 1. The number of halogens is 3. The molecule has 1 aromatic rings. The molecule has 0 aliphatic heterocycles. The molecular formula is C11H16F3N3. The number of rotatable bonds is 4. The minimum Gasteiger partial charge on any atom is -0.345 e. The van der Waals surface area contributed by atoms with Crippen LogP contribution in [0.3, 0.4) is 0 Å². The Bertz CT molecular complexity index is 363. The third-order valence-corrected chi connectivity index (χ3v) is 2.31. The summed E-state index contributed by atoms with van der Waals surface area (Å²) in [6.45, 7) is 2.67. The molecule has 0 saturated heterocycles. The molecule has 0 aliphatic carbocycles. The van der Waals surface area contributed by atoms with Crippen LogP contribution in [-0.4, -0.2) is 23.7 Å². The van der Waals surface area contributed by atoms with Crippen LogP contribution in [0.1, 0.15) is 19.4 Å². The fraction of sp³-hybridized carbons (Fsp3) is 0.545. The van der Waals surface area contributed by atoms with Gasteiger partial charge in [-0.3, -0.25) is 0 Å². The smallest absolute Gasteiger partial charge is 0.345 e. The molecule has 3 nitrogen and oxygen atoms in total. The lowest BCUT2D eigenvalue weighted by molar-refractivity contribution is -0.120. The van der Waals surface area contributed by atoms with E-state index in [1.807, 2.05) is 0 Å². The third kappa shape index (κ3) is 4.22. The Balaban J connectivity index is 2.97. The van der Waals surface area contributed by atoms with Gasteiger partial charge in [0.05, 0.1) is 0 Å². The Kier molecular flexibility index (Phi) is 4.34. The number of hydrogen-bond acceptors (Lipinski definition) is 3. The van der Waals surface area contributed by atoms with Crippen molar-refractivity contribution in [3.05, 3.63) is 23.9 Å². The van der Waals surface area contributed by atoms with Crippen molar-refractivity contribution in [2.24, 2.45) is 5.73 Å². The van der Waals surface area contributed by atoms with Crippen LogP contribution >= 0.6 is 0 Å². The Hall–Kier alpha value is -1.30. The van der Waals surface area contributed by atoms with E-state index in [0.29, 0.717) is 5.82 Å². The molecular weight excluding hydrogens is 231 g/mol. The molecule has 1 rings (SSSR count). The Morgan fingerprint density at radius 1 is 1.41 bits per heavy atom. The van der Waals surface area contributed by atoms with E-state index < -0.39 is 12.7 Å². The molecule has 6 heteroatoms. The van der Waals surface area contributed by atoms with Crippen LogP contribution in [0.25, 0.3) is 0 Å². The standard InChI is InChI=1S/C11H16F3N3/c1-8(2)17(7-11(12,13)14)10-5-9(6-15)3-4-16-10/h3-5,8H,6-7,15H2,1-2H3. The van der Waals surface area contributed by atoms with E-state index in [0.717, 1.165) is 5.56 Å². The van der Waals surface area contributed by atoms with Crippen molar-refractivity contribution in [2.75, 3.05) is 11.4 Å². The molecule has 1 heterocycles. The maximum atomic E-state index is 12.4. The molecule has 0 amide bonds. The van der Waals surface area contributed by atoms with E-state index in [9.17, 15) is 13.2 Å². The molecule has 0 fully saturated rings. The molecule has 0 unspecified atom stereocenters. The van der Waals surface area contributed by atoms with Gasteiger partial charge in [-0.05, 0) is 31.5 Å². The van der Waals surface area contributed by atoms with Gasteiger partial charge in [0.15, 0.2) is 0 Å². The quantitative estimate of drug-likeness (QED) is 0.887. The topological polar surface area (TPSA) is 42.1 Å². The summed E-state index contributed by atoms with van der Waals surface area (Å²) < 4.78 is 37.3. The molecule has 96 valence electrons. The lowest BCUT2D eigenvalue weighted by Gasteiger charge is -2.29. The second-order valence-corrected chi connectivity index (χ2v) is 4.06. The summed E-state index contributed by atoms with van der Waals surface area (Å²) in [5.41, 5.74) is 6.22. The zero-order valence-corrected chi connectivity index (χ0v) is 9.83. The highest BCUT2D eigenvalue weighted by molar-refractivity contribution is 5.42. The zero-order valence-electron chi connectivity index (χ0n) is 9.83. The number of nitrogens with zero attached hydrogens (tertiary/aromatic N) is 2. The first-order valence-corrected chi connectivity index (χ1v) is 5.32. The van der Waals surface area contributed by atoms with Gasteiger partial charge in [0.2, 0.25) is 0 Å². The first kappa shape index (κ1) is 13.8. The lowest BCUT2D eigenvalue weighted by atomic mass is 10.2. The van der Waals surface area contributed by atoms with Crippen molar-refractivity contribution in [1.29, 1.82) is 0 Å². The van der Waals surface area contributed by atoms with Crippen LogP contribution in [-0.2, 0) is 6.54 Å². The van der Waals surface area contributed by atoms with Crippen molar-refractivity contribution in [3.63, 3.8) is 0 Å². The highest BCUT2D eigenvalue weighted by Gasteiger charge is 2.32. The van der Waals surface area contributed by atoms with Gasteiger partial charge in [-0.25, -0.2) is 4.98 Å². The fourth-order valence-electron chi connectivity index (χ4n) is 1.47. The summed E-state index contributed by atoms with van der Waals surface area (Å²) in [5, 5.41) is 0. The molecule has 0 atom stereocenters. The summed E-state index contributed by atoms with van der Waals surface area (Å²) in [6.07, 6.45) is -2.77. The van der Waals surface area contributed by atoms with Gasteiger partial charge in [0.25, 0.3) is 0 Å². The molecule has 17 heavy (non-hydrogen) atoms. The van der Waals surface area contributed by atoms with Gasteiger partial charge in [-0.15, -0.1) is 0 Å². The fourth-order valence-corrected chi connectivity index (χ4v) is 1.47. The second-order valence-electron chi connectivity index (χ2n) is 4.06. The minimum absolute atomic E-state index is 0.280. The molecule has 2 N–H and O–H groups in total. The number of alkyl halides is 3. The summed E-state index contributed by atoms with van der Waals surface area (Å²) in [6, 6.07) is 3.00. The zero-order chi connectivity index (χ0) is 13.1. The highest BCUT2D eigenvalue weighted by Crippen LogP contribution is 2.23. The van der Waals surface area contributed by atoms with Gasteiger partial charge >= 0.3 is 6.18 Å². The minimum atomic E-state index is -4.25. The number of pyridine rings is 1. The van der Waals surface area contributed by atoms with Crippen LogP contribution < -0.4 is 10.6 Å². The van der Waals surface area contributed by atoms with Crippen molar-refractivity contribution in [3.8, 4) is 0 Å². The van der Waals surface area contributed by atoms with E-state index in [1.165, 1.54) is 11.1 Å². The summed E-state index contributed by atoms with van der Waals surface area (Å²) in [5.74, 6) is 0.306. The predicted octanol–water partition coefficient (Wildman–Crippen LogP) is 2.32. The van der Waals surface area contributed by atoms with Crippen molar-refractivity contribution >= 4 is 5.82 Å². The van der Waals surface area contributed by atoms with Crippen molar-refractivity contribution in [2.45, 2.75) is 32.6 Å². The number of anilines is 1. The van der Waals surface area contributed by atoms with Crippen molar-refractivity contribution in [1.82, 2.24) is 4.98 Å². The van der Waals surface area contributed by atoms with Crippen LogP contribution in [0, 0.1) is 0 Å². The Morgan fingerprint density at radius 3 is 2.53 bits per heavy atom. The normalized spacial score (nSPS) is 11.9. The highest BCUT2D eigenvalue weighted by atomic mass is 19.4. The van der Waals surface area contributed by atoms with Gasteiger partial charge in [0.1, 0.15) is 12.4 Å². The maximum Gasteiger partial charge on any atom is 0.405 e. The Labute approximate surface area is 98.4 Å². The van der Waals surface area contributed by atoms with Gasteiger partial charge in [0, 0.05) is 18.8 Å². The van der Waals surface area contributed by atoms with Crippen LogP contribution in [0.5, 0.6) is 0 Å². The molecule has 0 saturated carbocycles. The molecule has 0 bridgehead atoms. The van der Waals surface area contributed by atoms with Gasteiger partial charge < -0.3 is 10.6 Å². The predicted molar refractivity (Wildman–Crippen MR) is 60.7 cm³/mol. The molecule has 0 aromatic carbocycles. The molecule has 0 spiro atoms. The van der Waals surface area contributed by atoms with Crippen LogP contribution in [0.2, 0.25) is 0 Å². The summed E-state index contributed by atoms with van der Waals surface area (Å²) >= 11 is 0. The maximum absolute atomic E-state index is 12.4. The molecule has 1 aromatic heterocycles. The average molecular weight is 247 g/mol.